The fourth-order valence-corrected chi connectivity index (χ4v) is 24.4. The molecule has 0 unspecified atom stereocenters. The number of ketones is 2. The number of nitrogens with two attached hydrogens (primary N) is 1. The predicted molar refractivity (Wildman–Crippen MR) is 450 cm³/mol. The number of thiophene rings is 3. The van der Waals surface area contributed by atoms with Crippen molar-refractivity contribution < 1.29 is 48.1 Å². The number of nitrogen functional groups attached to an aromatic ring is 1. The van der Waals surface area contributed by atoms with Crippen LogP contribution in [-0.2, 0) is 67.1 Å². The number of hydrogen-bond acceptors (Lipinski definition) is 23. The first-order chi connectivity index (χ1) is 54.6. The van der Waals surface area contributed by atoms with E-state index in [0.717, 1.165) is 172 Å². The van der Waals surface area contributed by atoms with Gasteiger partial charge in [0.05, 0.1) is 42.7 Å². The number of nitrogens with one attached hydrogen (secondary N) is 3. The van der Waals surface area contributed by atoms with Gasteiger partial charge in [-0.05, 0) is 370 Å². The number of carboxylic acid groups (broad SMARTS) is 1. The molecule has 6 N–H and O–H groups in total. The van der Waals surface area contributed by atoms with E-state index in [0.29, 0.717) is 88.3 Å². The molecule has 0 atom stereocenters. The lowest BCUT2D eigenvalue weighted by atomic mass is 9.67. The zero-order valence-electron chi connectivity index (χ0n) is 69.3. The Morgan fingerprint density at radius 3 is 1.17 bits per heavy atom. The van der Waals surface area contributed by atoms with E-state index in [9.17, 15) is 38.4 Å². The average molecular weight is 1630 g/mol. The molecule has 6 saturated heterocycles. The van der Waals surface area contributed by atoms with Gasteiger partial charge in [-0.2, -0.15) is 0 Å². The van der Waals surface area contributed by atoms with E-state index in [1.54, 1.807) is 36.5 Å². The average Bonchev–Trinajstić information content (AvgIpc) is 1.60. The molecule has 624 valence electrons. The van der Waals surface area contributed by atoms with Crippen LogP contribution in [0.2, 0.25) is 0 Å². The molecule has 24 nitrogen and oxygen atoms in total. The first-order valence-electron chi connectivity index (χ1n) is 42.6. The summed E-state index contributed by atoms with van der Waals surface area (Å²) in [6, 6.07) is 0. The number of carbonyl (C=O) groups excluding carboxylic acids is 5. The molecule has 5 aromatic heterocycles. The number of rotatable bonds is 7. The van der Waals surface area contributed by atoms with Gasteiger partial charge in [0.15, 0.2) is 0 Å². The first kappa shape index (κ1) is 86.7. The van der Waals surface area contributed by atoms with Crippen molar-refractivity contribution in [3.05, 3.63) is 91.9 Å². The Morgan fingerprint density at radius 1 is 0.447 bits per heavy atom. The summed E-state index contributed by atoms with van der Waals surface area (Å²) in [4.78, 5) is 128. The lowest BCUT2D eigenvalue weighted by molar-refractivity contribution is -0.138. The molecule has 0 bridgehead atoms. The van der Waals surface area contributed by atoms with Gasteiger partial charge in [0, 0.05) is 40.3 Å². The second kappa shape index (κ2) is 38.0. The minimum absolute atomic E-state index is 0.00644. The van der Waals surface area contributed by atoms with E-state index < -0.39 is 17.9 Å². The Kier molecular flexibility index (Phi) is 28.9. The highest BCUT2D eigenvalue weighted by Gasteiger charge is 2.45. The van der Waals surface area contributed by atoms with Crippen LogP contribution in [0.15, 0.2) is 20.9 Å². The number of ether oxygens (including phenoxy) is 3. The maximum absolute atomic E-state index is 12.5. The topological polar surface area (TPSA) is 300 Å². The van der Waals surface area contributed by atoms with E-state index in [2.05, 4.69) is 89.8 Å². The third-order valence-corrected chi connectivity index (χ3v) is 31.9. The number of allylic oxidation sites excluding steroid dienone is 1. The van der Waals surface area contributed by atoms with Gasteiger partial charge in [-0.1, -0.05) is 5.57 Å². The molecule has 114 heavy (non-hydrogen) atoms. The highest BCUT2D eigenvalue weighted by molar-refractivity contribution is 7.19. The predicted octanol–water partition coefficient (Wildman–Crippen LogP) is 13.3. The number of esters is 3. The van der Waals surface area contributed by atoms with Crippen LogP contribution in [0.1, 0.15) is 257 Å². The maximum Gasteiger partial charge on any atom is 0.374 e. The molecule has 9 fully saturated rings. The smallest absolute Gasteiger partial charge is 0.374 e. The van der Waals surface area contributed by atoms with Gasteiger partial charge in [0.1, 0.15) is 26.2 Å². The monoisotopic (exact) mass is 1630 g/mol. The van der Waals surface area contributed by atoms with Crippen molar-refractivity contribution in [2.24, 2.45) is 32.5 Å². The summed E-state index contributed by atoms with van der Waals surface area (Å²) in [7, 11) is 10.9. The summed E-state index contributed by atoms with van der Waals surface area (Å²) in [5, 5.41) is 14.4. The van der Waals surface area contributed by atoms with E-state index in [1.165, 1.54) is 167 Å². The summed E-state index contributed by atoms with van der Waals surface area (Å²) in [6.45, 7) is 27.6. The number of carbonyl (C=O) groups is 6. The van der Waals surface area contributed by atoms with Crippen LogP contribution in [0.4, 0.5) is 5.00 Å². The van der Waals surface area contributed by atoms with Crippen molar-refractivity contribution in [3.8, 4) is 0 Å². The fourth-order valence-electron chi connectivity index (χ4n) is 20.4. The van der Waals surface area contributed by atoms with Crippen molar-refractivity contribution >= 4 is 94.9 Å². The van der Waals surface area contributed by atoms with Crippen LogP contribution < -0.4 is 22.2 Å². The zero-order chi connectivity index (χ0) is 81.2. The molecule has 6 aliphatic heterocycles. The van der Waals surface area contributed by atoms with E-state index in [1.807, 2.05) is 6.92 Å². The SMILES string of the molecule is CCOC(=O)c1c(N)sc2c1CCC1(CCN(C)CC1)C2.CCOC(=O)c1nc2sc3c(c2c(=O)[nH]1)CCC1(CCN(C)CC1)C3.CN1CCC2(CCC(=O)CC2)CC1.CN1CCC2(CCc3c(sc4nc(C(=O)O)[nH]c(=O)c34)C2)CC1.O=C1CCC2(CCNCC2)CC1.[C-]#[N+]C(C(=O)OCC)=C1CCC2(CC1)CCN(C)CC2. The molecular formula is C87H126N12O12S3. The number of hydrogen-bond donors (Lipinski definition) is 5. The van der Waals surface area contributed by atoms with Gasteiger partial charge in [-0.3, -0.25) is 24.0 Å². The molecule has 0 amide bonds. The quantitative estimate of drug-likeness (QED) is 0.0438. The Balaban J connectivity index is 0.000000129. The van der Waals surface area contributed by atoms with Gasteiger partial charge in [-0.15, -0.1) is 34.0 Å². The number of aromatic amines is 2. The standard InChI is InChI=1S/C18H23N3O3S.C16H19N3O3S.C16H24N2O2S.C16H24N2O2.C11H19NO.C10H17NO/c1-3-24-17(23)14-19-15(22)13-11-4-5-18(6-8-21(2)9-7-18)10-12(11)25-16(13)20-14;1-19-6-4-16(5-7-19)3-2-9-10(8-16)23-14-11(9)13(20)17-12(18-14)15(21)22;1-3-20-15(19)13-11-4-5-16(6-8-18(2)9-7-16)10-12(11)21-14(13)17;1-4-20-15(19)14(17-2)13-5-7-16(8-6-13)9-11-18(3)12-10-16;1-12-8-6-11(7-9-12)4-2-10(13)3-5-11;12-9-1-3-10(4-2-9)5-7-11-8-6-10/h3-10H2,1-2H3,(H,19,20,22);2-8H2,1H3,(H,21,22)(H,17,18,20);3-10,17H2,1-2H3;4-12H2,1,3H3;2-9H2,1H3;11H,1-8H2. The highest BCUT2D eigenvalue weighted by atomic mass is 32.1. The summed E-state index contributed by atoms with van der Waals surface area (Å²) in [5.74, 6) is -1.73. The molecule has 6 spiro atoms. The number of anilines is 1. The van der Waals surface area contributed by atoms with Crippen LogP contribution in [0.3, 0.4) is 0 Å². The largest absolute Gasteiger partial charge is 0.475 e. The molecule has 3 saturated carbocycles. The number of piperidine rings is 6. The Morgan fingerprint density at radius 2 is 0.781 bits per heavy atom. The summed E-state index contributed by atoms with van der Waals surface area (Å²) < 4.78 is 15.1. The molecule has 17 rings (SSSR count). The Labute approximate surface area is 685 Å². The van der Waals surface area contributed by atoms with Crippen LogP contribution in [0.5, 0.6) is 0 Å². The number of fused-ring (bicyclic) bond motifs is 7. The Hall–Kier alpha value is -6.61. The number of aromatic carboxylic acids is 1. The van der Waals surface area contributed by atoms with Gasteiger partial charge in [-0.25, -0.2) is 29.2 Å². The normalized spacial score (nSPS) is 22.8. The molecule has 0 aromatic carbocycles. The molecule has 11 heterocycles. The number of carboxylic acids is 1. The minimum atomic E-state index is -1.19. The molecule has 5 aromatic rings. The molecular weight excluding hydrogens is 1500 g/mol. The van der Waals surface area contributed by atoms with Crippen molar-refractivity contribution in [1.29, 1.82) is 0 Å². The molecule has 0 radical (unpaired) electrons. The summed E-state index contributed by atoms with van der Waals surface area (Å²) in [6.07, 6.45) is 36.5. The number of aromatic nitrogens is 4. The van der Waals surface area contributed by atoms with Gasteiger partial charge < -0.3 is 64.8 Å². The van der Waals surface area contributed by atoms with Crippen molar-refractivity contribution in [1.82, 2.24) is 49.8 Å². The highest BCUT2D eigenvalue weighted by Crippen LogP contribution is 2.52. The third-order valence-electron chi connectivity index (χ3n) is 28.5. The molecule has 12 aliphatic rings. The lowest BCUT2D eigenvalue weighted by Crippen LogP contribution is -2.41. The second-order valence-electron chi connectivity index (χ2n) is 35.8. The third kappa shape index (κ3) is 20.7. The van der Waals surface area contributed by atoms with Gasteiger partial charge >= 0.3 is 23.9 Å². The van der Waals surface area contributed by atoms with Crippen molar-refractivity contribution in [2.45, 2.75) is 233 Å². The van der Waals surface area contributed by atoms with Crippen molar-refractivity contribution in [3.63, 3.8) is 0 Å². The number of likely N-dealkylation sites (tertiary alicyclic amines) is 5. The number of H-pyrrole nitrogens is 2. The van der Waals surface area contributed by atoms with Crippen LogP contribution in [-0.4, -0.2) is 219 Å². The second-order valence-corrected chi connectivity index (χ2v) is 39.1. The van der Waals surface area contributed by atoms with E-state index in [4.69, 9.17) is 31.6 Å². The van der Waals surface area contributed by atoms with Gasteiger partial charge in [0.2, 0.25) is 11.6 Å². The molecule has 27 heteroatoms. The minimum Gasteiger partial charge on any atom is -0.475 e. The number of aryl methyl sites for hydroxylation is 2. The number of Topliss-reactive ketones (excluding diaryl/α,β-unsaturated/α-hetero) is 2. The van der Waals surface area contributed by atoms with Gasteiger partial charge in [0.25, 0.3) is 16.8 Å². The number of nitrogens with zero attached hydrogens (tertiary/aromatic N) is 8. The first-order valence-corrected chi connectivity index (χ1v) is 45.1. The summed E-state index contributed by atoms with van der Waals surface area (Å²) >= 11 is 4.69. The maximum atomic E-state index is 12.5. The van der Waals surface area contributed by atoms with Crippen molar-refractivity contribution in [2.75, 3.05) is 139 Å². The van der Waals surface area contributed by atoms with Crippen LogP contribution in [0.25, 0.3) is 25.3 Å². The van der Waals surface area contributed by atoms with Crippen LogP contribution >= 0.6 is 34.0 Å². The molecule has 6 aliphatic carbocycles. The van der Waals surface area contributed by atoms with Crippen LogP contribution in [0, 0.1) is 39.1 Å². The van der Waals surface area contributed by atoms with E-state index >= 15 is 0 Å². The van der Waals surface area contributed by atoms with E-state index in [-0.39, 0.29) is 41.0 Å². The summed E-state index contributed by atoms with van der Waals surface area (Å²) in [5.41, 5.74) is 13.6. The zero-order valence-corrected chi connectivity index (χ0v) is 71.7. The Bertz CT molecular complexity index is 4420. The fraction of sp³-hybridized carbons (Fsp3) is 0.713. The lowest BCUT2D eigenvalue weighted by Gasteiger charge is -2.44.